The van der Waals surface area contributed by atoms with E-state index in [1.54, 1.807) is 4.80 Å². The zero-order valence-corrected chi connectivity index (χ0v) is 15.7. The fourth-order valence-corrected chi connectivity index (χ4v) is 3.51. The van der Waals surface area contributed by atoms with E-state index in [-0.39, 0.29) is 5.91 Å². The number of rotatable bonds is 6. The van der Waals surface area contributed by atoms with Gasteiger partial charge in [-0.3, -0.25) is 4.79 Å². The molecule has 0 saturated heterocycles. The molecular formula is C21H24N6O. The van der Waals surface area contributed by atoms with E-state index in [2.05, 4.69) is 20.7 Å². The Kier molecular flexibility index (Phi) is 5.16. The maximum Gasteiger partial charge on any atom is 0.244 e. The van der Waals surface area contributed by atoms with Crippen LogP contribution in [0.4, 0.5) is 5.69 Å². The highest BCUT2D eigenvalue weighted by Gasteiger charge is 2.36. The number of carbonyl (C=O) groups excluding carboxylic acids is 1. The lowest BCUT2D eigenvalue weighted by molar-refractivity contribution is -0.121. The van der Waals surface area contributed by atoms with E-state index < -0.39 is 5.54 Å². The first-order valence-electron chi connectivity index (χ1n) is 9.65. The van der Waals surface area contributed by atoms with Crippen molar-refractivity contribution in [1.82, 2.24) is 20.2 Å². The highest BCUT2D eigenvalue weighted by Crippen LogP contribution is 2.28. The van der Waals surface area contributed by atoms with Crippen molar-refractivity contribution in [2.75, 3.05) is 5.32 Å². The molecule has 0 bridgehead atoms. The molecule has 1 aliphatic rings. The molecule has 1 saturated carbocycles. The van der Waals surface area contributed by atoms with E-state index >= 15 is 0 Å². The molecule has 1 aromatic heterocycles. The number of nitrogens with two attached hydrogens (primary N) is 1. The molecule has 1 heterocycles. The van der Waals surface area contributed by atoms with Gasteiger partial charge in [0.25, 0.3) is 0 Å². The summed E-state index contributed by atoms with van der Waals surface area (Å²) in [4.78, 5) is 14.0. The fourth-order valence-electron chi connectivity index (χ4n) is 3.51. The molecule has 28 heavy (non-hydrogen) atoms. The Morgan fingerprint density at radius 1 is 1.07 bits per heavy atom. The number of carbonyl (C=O) groups is 1. The van der Waals surface area contributed by atoms with Crippen molar-refractivity contribution in [1.29, 1.82) is 0 Å². The number of nitrogens with zero attached hydrogens (tertiary/aromatic N) is 4. The third kappa shape index (κ3) is 4.09. The molecule has 0 aliphatic heterocycles. The number of anilines is 1. The van der Waals surface area contributed by atoms with Gasteiger partial charge in [0.15, 0.2) is 0 Å². The van der Waals surface area contributed by atoms with Crippen molar-refractivity contribution >= 4 is 11.6 Å². The molecule has 3 N–H and O–H groups in total. The second kappa shape index (κ2) is 7.90. The minimum Gasteiger partial charge on any atom is -0.324 e. The number of nitrogens with one attached hydrogen (secondary N) is 1. The zero-order chi connectivity index (χ0) is 19.4. The van der Waals surface area contributed by atoms with E-state index in [0.717, 1.165) is 48.9 Å². The molecule has 0 atom stereocenters. The Balaban J connectivity index is 1.32. The predicted octanol–water partition coefficient (Wildman–Crippen LogP) is 2.79. The highest BCUT2D eigenvalue weighted by atomic mass is 16.2. The van der Waals surface area contributed by atoms with Crippen LogP contribution in [0.3, 0.4) is 0 Å². The average Bonchev–Trinajstić information content (AvgIpc) is 3.38. The SMILES string of the molecule is NC1(C(=O)Nc2ccc(CCn3nnc(-c4ccccc4)n3)cc2)CCCC1. The molecule has 1 amide bonds. The van der Waals surface area contributed by atoms with Gasteiger partial charge in [0, 0.05) is 11.3 Å². The number of tetrazole rings is 1. The summed E-state index contributed by atoms with van der Waals surface area (Å²) in [7, 11) is 0. The fraction of sp³-hybridized carbons (Fsp3) is 0.333. The predicted molar refractivity (Wildman–Crippen MR) is 107 cm³/mol. The van der Waals surface area contributed by atoms with Gasteiger partial charge in [-0.2, -0.15) is 4.80 Å². The Hall–Kier alpha value is -3.06. The molecule has 0 spiro atoms. The molecular weight excluding hydrogens is 352 g/mol. The molecule has 7 nitrogen and oxygen atoms in total. The molecule has 0 radical (unpaired) electrons. The van der Waals surface area contributed by atoms with Crippen LogP contribution in [0.2, 0.25) is 0 Å². The number of aryl methyl sites for hydroxylation is 2. The van der Waals surface area contributed by atoms with Crippen LogP contribution in [0.5, 0.6) is 0 Å². The van der Waals surface area contributed by atoms with Crippen LogP contribution in [0.25, 0.3) is 11.4 Å². The van der Waals surface area contributed by atoms with E-state index in [9.17, 15) is 4.79 Å². The van der Waals surface area contributed by atoms with Crippen LogP contribution in [0, 0.1) is 0 Å². The standard InChI is InChI=1S/C21H24N6O/c22-21(13-4-5-14-21)20(28)23-18-10-8-16(9-11-18)12-15-27-25-19(24-26-27)17-6-2-1-3-7-17/h1-3,6-11H,4-5,12-15,22H2,(H,23,28). The van der Waals surface area contributed by atoms with Gasteiger partial charge >= 0.3 is 0 Å². The normalized spacial score (nSPS) is 15.5. The van der Waals surface area contributed by atoms with Crippen LogP contribution >= 0.6 is 0 Å². The first-order chi connectivity index (χ1) is 13.6. The Labute approximate surface area is 163 Å². The minimum atomic E-state index is -0.714. The number of amides is 1. The number of benzene rings is 2. The van der Waals surface area contributed by atoms with Gasteiger partial charge < -0.3 is 11.1 Å². The molecule has 2 aromatic carbocycles. The number of hydrogen-bond acceptors (Lipinski definition) is 5. The van der Waals surface area contributed by atoms with Crippen molar-refractivity contribution < 1.29 is 4.79 Å². The largest absolute Gasteiger partial charge is 0.324 e. The topological polar surface area (TPSA) is 98.7 Å². The maximum absolute atomic E-state index is 12.4. The minimum absolute atomic E-state index is 0.0852. The van der Waals surface area contributed by atoms with Crippen LogP contribution in [-0.4, -0.2) is 31.7 Å². The van der Waals surface area contributed by atoms with E-state index in [1.165, 1.54) is 0 Å². The molecule has 1 aliphatic carbocycles. The molecule has 144 valence electrons. The van der Waals surface area contributed by atoms with Gasteiger partial charge in [0.2, 0.25) is 11.7 Å². The van der Waals surface area contributed by atoms with Crippen molar-refractivity contribution in [3.8, 4) is 11.4 Å². The van der Waals surface area contributed by atoms with E-state index in [1.807, 2.05) is 54.6 Å². The van der Waals surface area contributed by atoms with Gasteiger partial charge in [-0.1, -0.05) is 55.3 Å². The van der Waals surface area contributed by atoms with Crippen molar-refractivity contribution in [3.05, 3.63) is 60.2 Å². The third-order valence-electron chi connectivity index (χ3n) is 5.25. The van der Waals surface area contributed by atoms with Gasteiger partial charge in [0.05, 0.1) is 12.1 Å². The summed E-state index contributed by atoms with van der Waals surface area (Å²) in [6.07, 6.45) is 4.33. The summed E-state index contributed by atoms with van der Waals surface area (Å²) in [5.41, 5.74) is 8.35. The monoisotopic (exact) mass is 376 g/mol. The molecule has 4 rings (SSSR count). The second-order valence-electron chi connectivity index (χ2n) is 7.34. The van der Waals surface area contributed by atoms with Crippen molar-refractivity contribution in [2.45, 2.75) is 44.2 Å². The van der Waals surface area contributed by atoms with Crippen LogP contribution < -0.4 is 11.1 Å². The lowest BCUT2D eigenvalue weighted by Gasteiger charge is -2.22. The lowest BCUT2D eigenvalue weighted by atomic mass is 9.98. The first-order valence-corrected chi connectivity index (χ1v) is 9.65. The molecule has 7 heteroatoms. The summed E-state index contributed by atoms with van der Waals surface area (Å²) >= 11 is 0. The summed E-state index contributed by atoms with van der Waals surface area (Å²) < 4.78 is 0. The summed E-state index contributed by atoms with van der Waals surface area (Å²) in [6.45, 7) is 0.636. The zero-order valence-electron chi connectivity index (χ0n) is 15.7. The number of hydrogen-bond donors (Lipinski definition) is 2. The van der Waals surface area contributed by atoms with Crippen LogP contribution in [0.15, 0.2) is 54.6 Å². The lowest BCUT2D eigenvalue weighted by Crippen LogP contribution is -2.48. The van der Waals surface area contributed by atoms with Gasteiger partial charge in [-0.05, 0) is 42.2 Å². The quantitative estimate of drug-likeness (QED) is 0.689. The van der Waals surface area contributed by atoms with Crippen LogP contribution in [0.1, 0.15) is 31.2 Å². The second-order valence-corrected chi connectivity index (χ2v) is 7.34. The molecule has 1 fully saturated rings. The summed E-state index contributed by atoms with van der Waals surface area (Å²) in [5, 5.41) is 15.6. The smallest absolute Gasteiger partial charge is 0.244 e. The molecule has 3 aromatic rings. The van der Waals surface area contributed by atoms with E-state index in [0.29, 0.717) is 12.4 Å². The van der Waals surface area contributed by atoms with Crippen LogP contribution in [-0.2, 0) is 17.8 Å². The summed E-state index contributed by atoms with van der Waals surface area (Å²) in [6, 6.07) is 17.6. The van der Waals surface area contributed by atoms with Crippen molar-refractivity contribution in [2.24, 2.45) is 5.73 Å². The Bertz CT molecular complexity index is 929. The molecule has 0 unspecified atom stereocenters. The maximum atomic E-state index is 12.4. The van der Waals surface area contributed by atoms with Gasteiger partial charge in [-0.25, -0.2) is 0 Å². The highest BCUT2D eigenvalue weighted by molar-refractivity contribution is 5.98. The number of aromatic nitrogens is 4. The van der Waals surface area contributed by atoms with E-state index in [4.69, 9.17) is 5.73 Å². The average molecular weight is 376 g/mol. The third-order valence-corrected chi connectivity index (χ3v) is 5.25. The Morgan fingerprint density at radius 2 is 1.79 bits per heavy atom. The summed E-state index contributed by atoms with van der Waals surface area (Å²) in [5.74, 6) is 0.541. The van der Waals surface area contributed by atoms with Crippen molar-refractivity contribution in [3.63, 3.8) is 0 Å². The Morgan fingerprint density at radius 3 is 2.50 bits per heavy atom. The van der Waals surface area contributed by atoms with Gasteiger partial charge in [0.1, 0.15) is 0 Å². The first kappa shape index (κ1) is 18.3. The van der Waals surface area contributed by atoms with Gasteiger partial charge in [-0.15, -0.1) is 10.2 Å².